The monoisotopic (exact) mass is 304 g/mol. The standard InChI is InChI=1S/C15H22Cl2O2/c1-4-15(5-2,19-6-3)14(18)10-11-7-8-12(16)13(17)9-11/h7-9,14,18H,4-6,10H2,1-3H3. The number of aliphatic hydroxyl groups is 1. The van der Waals surface area contributed by atoms with Gasteiger partial charge in [-0.3, -0.25) is 0 Å². The van der Waals surface area contributed by atoms with Crippen LogP contribution in [-0.4, -0.2) is 23.4 Å². The highest BCUT2D eigenvalue weighted by molar-refractivity contribution is 6.42. The Morgan fingerprint density at radius 2 is 1.79 bits per heavy atom. The van der Waals surface area contributed by atoms with E-state index in [2.05, 4.69) is 0 Å². The molecule has 1 aromatic rings. The molecule has 2 nitrogen and oxygen atoms in total. The Kier molecular flexibility index (Phi) is 6.61. The number of hydrogen-bond acceptors (Lipinski definition) is 2. The normalized spacial score (nSPS) is 13.6. The summed E-state index contributed by atoms with van der Waals surface area (Å²) in [5.74, 6) is 0. The highest BCUT2D eigenvalue weighted by Gasteiger charge is 2.35. The van der Waals surface area contributed by atoms with Crippen molar-refractivity contribution < 1.29 is 9.84 Å². The Morgan fingerprint density at radius 1 is 1.16 bits per heavy atom. The van der Waals surface area contributed by atoms with Crippen molar-refractivity contribution >= 4 is 23.2 Å². The Bertz CT molecular complexity index is 403. The number of halogens is 2. The van der Waals surface area contributed by atoms with Crippen molar-refractivity contribution in [3.8, 4) is 0 Å². The number of benzene rings is 1. The highest BCUT2D eigenvalue weighted by Crippen LogP contribution is 2.29. The molecule has 0 saturated carbocycles. The van der Waals surface area contributed by atoms with Gasteiger partial charge >= 0.3 is 0 Å². The van der Waals surface area contributed by atoms with Crippen LogP contribution in [0.25, 0.3) is 0 Å². The summed E-state index contributed by atoms with van der Waals surface area (Å²) in [6.45, 7) is 6.63. The van der Waals surface area contributed by atoms with E-state index in [4.69, 9.17) is 27.9 Å². The van der Waals surface area contributed by atoms with Crippen molar-refractivity contribution in [1.29, 1.82) is 0 Å². The third kappa shape index (κ3) is 4.09. The largest absolute Gasteiger partial charge is 0.390 e. The summed E-state index contributed by atoms with van der Waals surface area (Å²) in [5, 5.41) is 11.5. The van der Waals surface area contributed by atoms with Gasteiger partial charge in [0.25, 0.3) is 0 Å². The maximum absolute atomic E-state index is 10.5. The summed E-state index contributed by atoms with van der Waals surface area (Å²) in [7, 11) is 0. The predicted molar refractivity (Wildman–Crippen MR) is 81.1 cm³/mol. The van der Waals surface area contributed by atoms with Crippen LogP contribution in [0.5, 0.6) is 0 Å². The number of rotatable bonds is 7. The predicted octanol–water partition coefficient (Wildman–Crippen LogP) is 4.49. The first-order valence-electron chi connectivity index (χ1n) is 6.75. The van der Waals surface area contributed by atoms with Gasteiger partial charge in [0.05, 0.1) is 21.8 Å². The second-order valence-corrected chi connectivity index (χ2v) is 5.49. The van der Waals surface area contributed by atoms with Crippen LogP contribution in [0.15, 0.2) is 18.2 Å². The van der Waals surface area contributed by atoms with Crippen molar-refractivity contribution in [2.45, 2.75) is 51.7 Å². The van der Waals surface area contributed by atoms with Crippen LogP contribution in [0.1, 0.15) is 39.2 Å². The zero-order valence-corrected chi connectivity index (χ0v) is 13.3. The fraction of sp³-hybridized carbons (Fsp3) is 0.600. The molecule has 1 aromatic carbocycles. The zero-order valence-electron chi connectivity index (χ0n) is 11.7. The lowest BCUT2D eigenvalue weighted by atomic mass is 9.86. The minimum Gasteiger partial charge on any atom is -0.390 e. The van der Waals surface area contributed by atoms with Crippen molar-refractivity contribution in [1.82, 2.24) is 0 Å². The summed E-state index contributed by atoms with van der Waals surface area (Å²) < 4.78 is 5.81. The zero-order chi connectivity index (χ0) is 14.5. The van der Waals surface area contributed by atoms with E-state index < -0.39 is 11.7 Å². The molecule has 4 heteroatoms. The average Bonchev–Trinajstić information content (AvgIpc) is 2.40. The maximum atomic E-state index is 10.5. The molecule has 1 atom stereocenters. The molecule has 0 saturated heterocycles. The van der Waals surface area contributed by atoms with Crippen molar-refractivity contribution in [3.05, 3.63) is 33.8 Å². The molecule has 1 N–H and O–H groups in total. The first-order chi connectivity index (χ1) is 8.99. The van der Waals surface area contributed by atoms with Crippen LogP contribution in [0, 0.1) is 0 Å². The van der Waals surface area contributed by atoms with E-state index >= 15 is 0 Å². The molecule has 19 heavy (non-hydrogen) atoms. The fourth-order valence-corrected chi connectivity index (χ4v) is 2.71. The lowest BCUT2D eigenvalue weighted by Crippen LogP contribution is -2.45. The second kappa shape index (κ2) is 7.49. The van der Waals surface area contributed by atoms with Crippen LogP contribution in [0.3, 0.4) is 0 Å². The summed E-state index contributed by atoms with van der Waals surface area (Å²) in [4.78, 5) is 0. The fourth-order valence-electron chi connectivity index (χ4n) is 2.38. The first-order valence-corrected chi connectivity index (χ1v) is 7.50. The summed E-state index contributed by atoms with van der Waals surface area (Å²) in [6, 6.07) is 5.45. The van der Waals surface area contributed by atoms with Gasteiger partial charge in [-0.1, -0.05) is 43.1 Å². The molecular weight excluding hydrogens is 283 g/mol. The van der Waals surface area contributed by atoms with Crippen LogP contribution in [0.4, 0.5) is 0 Å². The molecular formula is C15H22Cl2O2. The van der Waals surface area contributed by atoms with Gasteiger partial charge in [0.15, 0.2) is 0 Å². The Balaban J connectivity index is 2.86. The van der Waals surface area contributed by atoms with Gasteiger partial charge in [-0.2, -0.15) is 0 Å². The SMILES string of the molecule is CCOC(CC)(CC)C(O)Cc1ccc(Cl)c(Cl)c1. The van der Waals surface area contributed by atoms with E-state index in [9.17, 15) is 5.11 Å². The molecule has 0 aliphatic heterocycles. The molecule has 0 fully saturated rings. The quantitative estimate of drug-likeness (QED) is 0.804. The van der Waals surface area contributed by atoms with Gasteiger partial charge in [0.2, 0.25) is 0 Å². The van der Waals surface area contributed by atoms with E-state index in [1.807, 2.05) is 26.8 Å². The topological polar surface area (TPSA) is 29.5 Å². The van der Waals surface area contributed by atoms with Gasteiger partial charge in [-0.05, 0) is 37.5 Å². The molecule has 108 valence electrons. The molecule has 0 amide bonds. The maximum Gasteiger partial charge on any atom is 0.0938 e. The van der Waals surface area contributed by atoms with Gasteiger partial charge in [-0.15, -0.1) is 0 Å². The Morgan fingerprint density at radius 3 is 2.26 bits per heavy atom. The van der Waals surface area contributed by atoms with Gasteiger partial charge < -0.3 is 9.84 Å². The Hall–Kier alpha value is -0.280. The van der Waals surface area contributed by atoms with Gasteiger partial charge in [0.1, 0.15) is 0 Å². The smallest absolute Gasteiger partial charge is 0.0938 e. The molecule has 0 spiro atoms. The summed E-state index contributed by atoms with van der Waals surface area (Å²) in [5.41, 5.74) is 0.480. The molecule has 0 radical (unpaired) electrons. The van der Waals surface area contributed by atoms with Crippen LogP contribution >= 0.6 is 23.2 Å². The van der Waals surface area contributed by atoms with Crippen LogP contribution in [0.2, 0.25) is 10.0 Å². The highest BCUT2D eigenvalue weighted by atomic mass is 35.5. The van der Waals surface area contributed by atoms with Crippen molar-refractivity contribution in [2.75, 3.05) is 6.61 Å². The van der Waals surface area contributed by atoms with Gasteiger partial charge in [0, 0.05) is 13.0 Å². The third-order valence-corrected chi connectivity index (χ3v) is 4.39. The average molecular weight is 305 g/mol. The molecule has 0 aliphatic carbocycles. The van der Waals surface area contributed by atoms with Crippen molar-refractivity contribution in [2.24, 2.45) is 0 Å². The first kappa shape index (κ1) is 16.8. The third-order valence-electron chi connectivity index (χ3n) is 3.65. The molecule has 1 unspecified atom stereocenters. The van der Waals surface area contributed by atoms with Gasteiger partial charge in [-0.25, -0.2) is 0 Å². The molecule has 0 aromatic heterocycles. The summed E-state index contributed by atoms with van der Waals surface area (Å²) >= 11 is 11.9. The molecule has 0 heterocycles. The number of aliphatic hydroxyl groups excluding tert-OH is 1. The van der Waals surface area contributed by atoms with E-state index in [1.165, 1.54) is 0 Å². The Labute approximate surface area is 125 Å². The number of ether oxygens (including phenoxy) is 1. The second-order valence-electron chi connectivity index (χ2n) is 4.67. The van der Waals surface area contributed by atoms with E-state index in [1.54, 1.807) is 12.1 Å². The molecule has 0 aliphatic rings. The molecule has 0 bridgehead atoms. The van der Waals surface area contributed by atoms with Crippen molar-refractivity contribution in [3.63, 3.8) is 0 Å². The summed E-state index contributed by atoms with van der Waals surface area (Å²) in [6.07, 6.45) is 1.51. The van der Waals surface area contributed by atoms with E-state index in [-0.39, 0.29) is 0 Å². The van der Waals surface area contributed by atoms with E-state index in [0.717, 1.165) is 18.4 Å². The lowest BCUT2D eigenvalue weighted by molar-refractivity contribution is -0.124. The van der Waals surface area contributed by atoms with E-state index in [0.29, 0.717) is 23.1 Å². The number of hydrogen-bond donors (Lipinski definition) is 1. The van der Waals surface area contributed by atoms with Crippen LogP contribution in [-0.2, 0) is 11.2 Å². The minimum absolute atomic E-state index is 0.485. The van der Waals surface area contributed by atoms with Crippen LogP contribution < -0.4 is 0 Å². The lowest BCUT2D eigenvalue weighted by Gasteiger charge is -2.36. The molecule has 1 rings (SSSR count). The minimum atomic E-state index is -0.556.